The van der Waals surface area contributed by atoms with Crippen molar-refractivity contribution in [3.8, 4) is 5.82 Å². The molecule has 3 rings (SSSR count). The van der Waals surface area contributed by atoms with Crippen LogP contribution in [0.2, 0.25) is 0 Å². The van der Waals surface area contributed by atoms with Crippen LogP contribution in [0.3, 0.4) is 0 Å². The third-order valence-electron chi connectivity index (χ3n) is 3.32. The third kappa shape index (κ3) is 2.98. The highest BCUT2D eigenvalue weighted by atomic mass is 32.2. The van der Waals surface area contributed by atoms with Gasteiger partial charge in [0.15, 0.2) is 15.7 Å². The van der Waals surface area contributed by atoms with Crippen molar-refractivity contribution in [2.45, 2.75) is 18.9 Å². The maximum absolute atomic E-state index is 11.6. The highest BCUT2D eigenvalue weighted by Crippen LogP contribution is 2.17. The number of hydrogen-bond donors (Lipinski definition) is 1. The molecule has 1 atom stereocenters. The molecule has 106 valence electrons. The minimum absolute atomic E-state index is 0.0221. The Hall–Kier alpha value is -1.89. The zero-order valence-electron chi connectivity index (χ0n) is 10.9. The molecule has 20 heavy (non-hydrogen) atoms. The van der Waals surface area contributed by atoms with Crippen LogP contribution in [0.4, 0.5) is 5.69 Å². The first-order chi connectivity index (χ1) is 9.62. The molecule has 2 aromatic rings. The zero-order chi connectivity index (χ0) is 14.0. The highest BCUT2D eigenvalue weighted by Gasteiger charge is 2.24. The minimum Gasteiger partial charge on any atom is -0.380 e. The van der Waals surface area contributed by atoms with Crippen LogP contribution in [0.1, 0.15) is 12.8 Å². The largest absolute Gasteiger partial charge is 0.380 e. The summed E-state index contributed by atoms with van der Waals surface area (Å²) in [5, 5.41) is 7.34. The monoisotopic (exact) mass is 292 g/mol. The Balaban J connectivity index is 1.69. The molecule has 1 saturated heterocycles. The van der Waals surface area contributed by atoms with Crippen LogP contribution >= 0.6 is 0 Å². The van der Waals surface area contributed by atoms with E-state index in [4.69, 9.17) is 0 Å². The van der Waals surface area contributed by atoms with Crippen molar-refractivity contribution >= 4 is 15.5 Å². The number of rotatable bonds is 3. The van der Waals surface area contributed by atoms with E-state index >= 15 is 0 Å². The number of aromatic nitrogens is 3. The summed E-state index contributed by atoms with van der Waals surface area (Å²) in [6.45, 7) is 0. The SMILES string of the molecule is O=S1(=O)CCCC(Nc2ccc(-n3cccn3)nc2)C1. The van der Waals surface area contributed by atoms with Crippen LogP contribution in [-0.2, 0) is 9.84 Å². The molecule has 6 nitrogen and oxygen atoms in total. The van der Waals surface area contributed by atoms with E-state index in [1.807, 2.05) is 24.4 Å². The van der Waals surface area contributed by atoms with Gasteiger partial charge in [-0.3, -0.25) is 0 Å². The van der Waals surface area contributed by atoms with Gasteiger partial charge in [0.2, 0.25) is 0 Å². The lowest BCUT2D eigenvalue weighted by atomic mass is 10.2. The molecule has 1 aliphatic rings. The predicted molar refractivity (Wildman–Crippen MR) is 76.7 cm³/mol. The van der Waals surface area contributed by atoms with Gasteiger partial charge in [-0.2, -0.15) is 5.10 Å². The molecular weight excluding hydrogens is 276 g/mol. The lowest BCUT2D eigenvalue weighted by molar-refractivity contribution is 0.562. The average Bonchev–Trinajstić information content (AvgIpc) is 2.92. The van der Waals surface area contributed by atoms with Gasteiger partial charge in [-0.1, -0.05) is 0 Å². The molecular formula is C13H16N4O2S. The van der Waals surface area contributed by atoms with Crippen LogP contribution in [-0.4, -0.2) is 40.7 Å². The van der Waals surface area contributed by atoms with Crippen LogP contribution in [0.15, 0.2) is 36.8 Å². The molecule has 3 heterocycles. The second-order valence-electron chi connectivity index (χ2n) is 4.95. The summed E-state index contributed by atoms with van der Waals surface area (Å²) in [5.41, 5.74) is 0.836. The first-order valence-electron chi connectivity index (χ1n) is 6.55. The number of nitrogens with one attached hydrogen (secondary N) is 1. The summed E-state index contributed by atoms with van der Waals surface area (Å²) in [5.74, 6) is 1.24. The molecule has 0 saturated carbocycles. The van der Waals surface area contributed by atoms with Crippen molar-refractivity contribution < 1.29 is 8.42 Å². The molecule has 1 fully saturated rings. The molecule has 0 radical (unpaired) electrons. The fourth-order valence-electron chi connectivity index (χ4n) is 2.38. The van der Waals surface area contributed by atoms with Crippen molar-refractivity contribution in [2.24, 2.45) is 0 Å². The van der Waals surface area contributed by atoms with E-state index in [2.05, 4.69) is 15.4 Å². The highest BCUT2D eigenvalue weighted by molar-refractivity contribution is 7.91. The van der Waals surface area contributed by atoms with Crippen molar-refractivity contribution in [1.82, 2.24) is 14.8 Å². The summed E-state index contributed by atoms with van der Waals surface area (Å²) in [4.78, 5) is 4.31. The van der Waals surface area contributed by atoms with Gasteiger partial charge in [-0.25, -0.2) is 18.1 Å². The van der Waals surface area contributed by atoms with E-state index in [1.165, 1.54) is 0 Å². The van der Waals surface area contributed by atoms with E-state index in [0.29, 0.717) is 5.75 Å². The number of anilines is 1. The van der Waals surface area contributed by atoms with Crippen molar-refractivity contribution in [2.75, 3.05) is 16.8 Å². The van der Waals surface area contributed by atoms with Crippen molar-refractivity contribution in [3.63, 3.8) is 0 Å². The standard InChI is InChI=1S/C13H16N4O2S/c18-20(19)8-1-3-12(10-20)16-11-4-5-13(14-9-11)17-7-2-6-15-17/h2,4-7,9,12,16H,1,3,8,10H2. The van der Waals surface area contributed by atoms with E-state index in [-0.39, 0.29) is 11.8 Å². The van der Waals surface area contributed by atoms with Crippen LogP contribution in [0.5, 0.6) is 0 Å². The molecule has 0 aromatic carbocycles. The van der Waals surface area contributed by atoms with Gasteiger partial charge < -0.3 is 5.32 Å². The maximum Gasteiger partial charge on any atom is 0.153 e. The van der Waals surface area contributed by atoms with E-state index in [1.54, 1.807) is 17.1 Å². The number of nitrogens with zero attached hydrogens (tertiary/aromatic N) is 3. The average molecular weight is 292 g/mol. The summed E-state index contributed by atoms with van der Waals surface area (Å²) >= 11 is 0. The maximum atomic E-state index is 11.6. The lowest BCUT2D eigenvalue weighted by Crippen LogP contribution is -2.34. The minimum atomic E-state index is -2.89. The summed E-state index contributed by atoms with van der Waals surface area (Å²) in [6.07, 6.45) is 6.82. The lowest BCUT2D eigenvalue weighted by Gasteiger charge is -2.23. The van der Waals surface area contributed by atoms with Crippen molar-refractivity contribution in [3.05, 3.63) is 36.8 Å². The molecule has 1 aliphatic heterocycles. The fraction of sp³-hybridized carbons (Fsp3) is 0.385. The second-order valence-corrected chi connectivity index (χ2v) is 7.18. The predicted octanol–water partition coefficient (Wildman–Crippen LogP) is 1.26. The topological polar surface area (TPSA) is 76.9 Å². The van der Waals surface area contributed by atoms with E-state index in [9.17, 15) is 8.42 Å². The second kappa shape index (κ2) is 5.24. The van der Waals surface area contributed by atoms with Gasteiger partial charge in [0.1, 0.15) is 0 Å². The van der Waals surface area contributed by atoms with Gasteiger partial charge >= 0.3 is 0 Å². The fourth-order valence-corrected chi connectivity index (χ4v) is 4.02. The number of hydrogen-bond acceptors (Lipinski definition) is 5. The normalized spacial score (nSPS) is 21.5. The molecule has 2 aromatic heterocycles. The first kappa shape index (κ1) is 13.1. The molecule has 0 spiro atoms. The Morgan fingerprint density at radius 3 is 2.90 bits per heavy atom. The molecule has 7 heteroatoms. The Labute approximate surface area is 117 Å². The van der Waals surface area contributed by atoms with Crippen molar-refractivity contribution in [1.29, 1.82) is 0 Å². The third-order valence-corrected chi connectivity index (χ3v) is 5.14. The van der Waals surface area contributed by atoms with E-state index < -0.39 is 9.84 Å². The Kier molecular flexibility index (Phi) is 3.43. The molecule has 1 unspecified atom stereocenters. The molecule has 0 aliphatic carbocycles. The van der Waals surface area contributed by atoms with Gasteiger partial charge in [-0.05, 0) is 31.0 Å². The van der Waals surface area contributed by atoms with E-state index in [0.717, 1.165) is 24.3 Å². The van der Waals surface area contributed by atoms with Gasteiger partial charge in [0.05, 0.1) is 23.4 Å². The van der Waals surface area contributed by atoms with Gasteiger partial charge in [-0.15, -0.1) is 0 Å². The Morgan fingerprint density at radius 1 is 1.35 bits per heavy atom. The molecule has 0 amide bonds. The first-order valence-corrected chi connectivity index (χ1v) is 8.38. The van der Waals surface area contributed by atoms with Crippen LogP contribution in [0.25, 0.3) is 5.82 Å². The summed E-state index contributed by atoms with van der Waals surface area (Å²) < 4.78 is 24.9. The number of sulfone groups is 1. The summed E-state index contributed by atoms with van der Waals surface area (Å²) in [7, 11) is -2.89. The summed E-state index contributed by atoms with van der Waals surface area (Å²) in [6, 6.07) is 5.56. The van der Waals surface area contributed by atoms with Gasteiger partial charge in [0, 0.05) is 18.4 Å². The smallest absolute Gasteiger partial charge is 0.153 e. The Bertz CT molecular complexity index is 665. The number of pyridine rings is 1. The quantitative estimate of drug-likeness (QED) is 0.921. The molecule has 0 bridgehead atoms. The van der Waals surface area contributed by atoms with Gasteiger partial charge in [0.25, 0.3) is 0 Å². The van der Waals surface area contributed by atoms with Crippen LogP contribution in [0, 0.1) is 0 Å². The zero-order valence-corrected chi connectivity index (χ0v) is 11.8. The Morgan fingerprint density at radius 2 is 2.25 bits per heavy atom. The molecule has 1 N–H and O–H groups in total. The van der Waals surface area contributed by atoms with Crippen LogP contribution < -0.4 is 5.32 Å².